The van der Waals surface area contributed by atoms with Gasteiger partial charge in [-0.25, -0.2) is 5.43 Å². The monoisotopic (exact) mass is 472 g/mol. The van der Waals surface area contributed by atoms with Crippen LogP contribution in [0.1, 0.15) is 32.1 Å². The SMILES string of the molecule is CC(C)(C)c1ccc2c(c1)O[C@@H](C(=O)N/N=C/c1ccc(-c3ccc(Cl)c(Cl)c3)o1)CO2. The molecular formula is C24H22Cl2N2O4. The normalized spacial score (nSPS) is 15.7. The number of rotatable bonds is 4. The topological polar surface area (TPSA) is 73.1 Å². The molecule has 2 heterocycles. The van der Waals surface area contributed by atoms with Gasteiger partial charge < -0.3 is 13.9 Å². The van der Waals surface area contributed by atoms with E-state index in [-0.39, 0.29) is 12.0 Å². The molecule has 0 saturated carbocycles. The van der Waals surface area contributed by atoms with E-state index < -0.39 is 12.0 Å². The van der Waals surface area contributed by atoms with E-state index in [9.17, 15) is 4.79 Å². The Kier molecular flexibility index (Phi) is 6.17. The minimum absolute atomic E-state index is 0.0445. The summed E-state index contributed by atoms with van der Waals surface area (Å²) in [6, 6.07) is 14.5. The Hall–Kier alpha value is -2.96. The summed E-state index contributed by atoms with van der Waals surface area (Å²) in [6.45, 7) is 6.43. The van der Waals surface area contributed by atoms with Crippen LogP contribution in [0, 0.1) is 0 Å². The second kappa shape index (κ2) is 8.88. The number of carbonyl (C=O) groups is 1. The number of carbonyl (C=O) groups excluding carboxylic acids is 1. The zero-order valence-corrected chi connectivity index (χ0v) is 19.3. The second-order valence-electron chi connectivity index (χ2n) is 8.39. The minimum Gasteiger partial charge on any atom is -0.485 e. The number of furan rings is 1. The van der Waals surface area contributed by atoms with Gasteiger partial charge in [0, 0.05) is 5.56 Å². The van der Waals surface area contributed by atoms with Crippen LogP contribution in [-0.4, -0.2) is 24.8 Å². The number of fused-ring (bicyclic) bond motifs is 1. The van der Waals surface area contributed by atoms with E-state index in [0.29, 0.717) is 33.1 Å². The highest BCUT2D eigenvalue weighted by Gasteiger charge is 2.28. The number of ether oxygens (including phenoxy) is 2. The van der Waals surface area contributed by atoms with Crippen LogP contribution in [0.2, 0.25) is 10.0 Å². The lowest BCUT2D eigenvalue weighted by Crippen LogP contribution is -2.42. The van der Waals surface area contributed by atoms with Gasteiger partial charge in [-0.2, -0.15) is 5.10 Å². The second-order valence-corrected chi connectivity index (χ2v) is 9.21. The summed E-state index contributed by atoms with van der Waals surface area (Å²) in [4.78, 5) is 12.5. The number of hydrogen-bond acceptors (Lipinski definition) is 5. The molecule has 32 heavy (non-hydrogen) atoms. The lowest BCUT2D eigenvalue weighted by molar-refractivity contribution is -0.130. The van der Waals surface area contributed by atoms with Gasteiger partial charge in [-0.15, -0.1) is 0 Å². The molecule has 2 aromatic carbocycles. The van der Waals surface area contributed by atoms with Crippen molar-refractivity contribution in [2.75, 3.05) is 6.61 Å². The van der Waals surface area contributed by atoms with Gasteiger partial charge in [0.05, 0.1) is 16.3 Å². The fourth-order valence-electron chi connectivity index (χ4n) is 3.13. The molecule has 3 aromatic rings. The average Bonchev–Trinajstić information content (AvgIpc) is 3.23. The summed E-state index contributed by atoms with van der Waals surface area (Å²) in [6.07, 6.45) is 0.604. The molecule has 1 N–H and O–H groups in total. The predicted molar refractivity (Wildman–Crippen MR) is 125 cm³/mol. The Labute approximate surface area is 196 Å². The van der Waals surface area contributed by atoms with Crippen LogP contribution in [0.4, 0.5) is 0 Å². The molecule has 1 atom stereocenters. The number of nitrogens with zero attached hydrogens (tertiary/aromatic N) is 1. The minimum atomic E-state index is -0.807. The third kappa shape index (κ3) is 4.92. The Balaban J connectivity index is 1.38. The van der Waals surface area contributed by atoms with E-state index in [1.165, 1.54) is 6.21 Å². The maximum absolute atomic E-state index is 12.5. The highest BCUT2D eigenvalue weighted by atomic mass is 35.5. The van der Waals surface area contributed by atoms with Crippen LogP contribution < -0.4 is 14.9 Å². The van der Waals surface area contributed by atoms with Crippen molar-refractivity contribution in [3.05, 3.63) is 69.9 Å². The molecule has 1 aliphatic heterocycles. The molecule has 1 amide bonds. The van der Waals surface area contributed by atoms with E-state index in [1.807, 2.05) is 18.2 Å². The maximum Gasteiger partial charge on any atom is 0.284 e. The number of nitrogens with one attached hydrogen (secondary N) is 1. The van der Waals surface area contributed by atoms with Crippen molar-refractivity contribution in [2.24, 2.45) is 5.10 Å². The molecule has 0 spiro atoms. The number of halogens is 2. The quantitative estimate of drug-likeness (QED) is 0.382. The van der Waals surface area contributed by atoms with Gasteiger partial charge in [0.25, 0.3) is 5.91 Å². The lowest BCUT2D eigenvalue weighted by atomic mass is 9.87. The molecule has 0 unspecified atom stereocenters. The van der Waals surface area contributed by atoms with Crippen LogP contribution in [0.25, 0.3) is 11.3 Å². The molecule has 0 saturated heterocycles. The largest absolute Gasteiger partial charge is 0.485 e. The van der Waals surface area contributed by atoms with Crippen molar-refractivity contribution in [1.82, 2.24) is 5.43 Å². The summed E-state index contributed by atoms with van der Waals surface area (Å²) in [5, 5.41) is 4.88. The van der Waals surface area contributed by atoms with E-state index in [2.05, 4.69) is 31.3 Å². The first-order valence-corrected chi connectivity index (χ1v) is 10.8. The van der Waals surface area contributed by atoms with Gasteiger partial charge in [-0.05, 0) is 53.4 Å². The van der Waals surface area contributed by atoms with Crippen molar-refractivity contribution in [1.29, 1.82) is 0 Å². The van der Waals surface area contributed by atoms with Crippen molar-refractivity contribution < 1.29 is 18.7 Å². The van der Waals surface area contributed by atoms with Gasteiger partial charge in [-0.3, -0.25) is 4.79 Å². The van der Waals surface area contributed by atoms with Crippen molar-refractivity contribution in [3.63, 3.8) is 0 Å². The molecule has 0 aliphatic carbocycles. The van der Waals surface area contributed by atoms with Gasteiger partial charge in [0.2, 0.25) is 6.10 Å². The molecule has 1 aliphatic rings. The number of hydrogen-bond donors (Lipinski definition) is 1. The summed E-state index contributed by atoms with van der Waals surface area (Å²) in [5.41, 5.74) is 4.30. The van der Waals surface area contributed by atoms with Crippen molar-refractivity contribution in [2.45, 2.75) is 32.3 Å². The smallest absolute Gasteiger partial charge is 0.284 e. The van der Waals surface area contributed by atoms with Gasteiger partial charge in [0.15, 0.2) is 11.5 Å². The zero-order valence-electron chi connectivity index (χ0n) is 17.8. The van der Waals surface area contributed by atoms with Gasteiger partial charge >= 0.3 is 0 Å². The summed E-state index contributed by atoms with van der Waals surface area (Å²) < 4.78 is 17.3. The Morgan fingerprint density at radius 1 is 1.06 bits per heavy atom. The fraction of sp³-hybridized carbons (Fsp3) is 0.250. The van der Waals surface area contributed by atoms with E-state index >= 15 is 0 Å². The molecule has 0 bridgehead atoms. The standard InChI is InChI=1S/C24H22Cl2N2O4/c1-24(2,3)15-5-8-20-21(11-15)32-22(13-30-20)23(29)28-27-12-16-6-9-19(31-16)14-4-7-17(25)18(26)10-14/h4-12,22H,13H2,1-3H3,(H,28,29)/b27-12+/t22-/m1/s1. The summed E-state index contributed by atoms with van der Waals surface area (Å²) >= 11 is 12.0. The molecule has 166 valence electrons. The molecule has 1 aromatic heterocycles. The van der Waals surface area contributed by atoms with E-state index in [4.69, 9.17) is 37.1 Å². The molecule has 4 rings (SSSR count). The number of benzene rings is 2. The first-order valence-electron chi connectivity index (χ1n) is 10.0. The Bertz CT molecular complexity index is 1180. The highest BCUT2D eigenvalue weighted by Crippen LogP contribution is 2.36. The number of amides is 1. The third-order valence-electron chi connectivity index (χ3n) is 4.96. The molecular weight excluding hydrogens is 451 g/mol. The summed E-state index contributed by atoms with van der Waals surface area (Å²) in [5.74, 6) is 1.82. The van der Waals surface area contributed by atoms with Gasteiger partial charge in [-0.1, -0.05) is 50.0 Å². The lowest BCUT2D eigenvalue weighted by Gasteiger charge is -2.27. The van der Waals surface area contributed by atoms with E-state index in [0.717, 1.165) is 11.1 Å². The fourth-order valence-corrected chi connectivity index (χ4v) is 3.42. The molecule has 0 fully saturated rings. The van der Waals surface area contributed by atoms with Crippen LogP contribution in [-0.2, 0) is 10.2 Å². The molecule has 0 radical (unpaired) electrons. The van der Waals surface area contributed by atoms with Crippen LogP contribution >= 0.6 is 23.2 Å². The van der Waals surface area contributed by atoms with Gasteiger partial charge in [0.1, 0.15) is 18.1 Å². The van der Waals surface area contributed by atoms with Crippen LogP contribution in [0.3, 0.4) is 0 Å². The first-order chi connectivity index (χ1) is 15.2. The van der Waals surface area contributed by atoms with Crippen molar-refractivity contribution in [3.8, 4) is 22.8 Å². The Morgan fingerprint density at radius 2 is 1.88 bits per heavy atom. The first kappa shape index (κ1) is 22.2. The predicted octanol–water partition coefficient (Wildman–Crippen LogP) is 5.84. The molecule has 8 heteroatoms. The van der Waals surface area contributed by atoms with Crippen LogP contribution in [0.15, 0.2) is 58.0 Å². The number of hydrazone groups is 1. The maximum atomic E-state index is 12.5. The molecule has 6 nitrogen and oxygen atoms in total. The van der Waals surface area contributed by atoms with Crippen LogP contribution in [0.5, 0.6) is 11.5 Å². The zero-order chi connectivity index (χ0) is 22.9. The highest BCUT2D eigenvalue weighted by molar-refractivity contribution is 6.42. The summed E-state index contributed by atoms with van der Waals surface area (Å²) in [7, 11) is 0. The average molecular weight is 473 g/mol. The van der Waals surface area contributed by atoms with E-state index in [1.54, 1.807) is 30.3 Å². The Morgan fingerprint density at radius 3 is 2.62 bits per heavy atom. The van der Waals surface area contributed by atoms with Crippen molar-refractivity contribution >= 4 is 35.3 Å². The third-order valence-corrected chi connectivity index (χ3v) is 5.70.